The first-order valence-electron chi connectivity index (χ1n) is 15.3. The quantitative estimate of drug-likeness (QED) is 0.345. The lowest BCUT2D eigenvalue weighted by atomic mass is 9.76. The van der Waals surface area contributed by atoms with Crippen molar-refractivity contribution < 1.29 is 0 Å². The van der Waals surface area contributed by atoms with E-state index in [0.717, 1.165) is 5.92 Å². The van der Waals surface area contributed by atoms with Gasteiger partial charge in [0.25, 0.3) is 0 Å². The number of aryl methyl sites for hydroxylation is 1. The molecule has 3 aliphatic carbocycles. The second-order valence-corrected chi connectivity index (χ2v) is 12.2. The standard InChI is InChI=1S/C37H38N2/c1-3-12-27(13-4-1)35-25-36(28-14-5-2-6-15-28)38(35)29-20-22-30(23-21-29)39-34-18-10-9-17-32(34)33-24-19-26-11-7-8-16-31(26)37(33)39/h1,3-4,7-8,10-13,16,18,20-23,25,28,33,36-37H,2,5-6,9,14-15,17,19,24H2. The zero-order chi connectivity index (χ0) is 25.8. The van der Waals surface area contributed by atoms with Crippen molar-refractivity contribution in [1.29, 1.82) is 0 Å². The molecule has 3 aromatic carbocycles. The Morgan fingerprint density at radius 3 is 2.23 bits per heavy atom. The molecule has 2 heteroatoms. The molecule has 196 valence electrons. The van der Waals surface area contributed by atoms with Crippen molar-refractivity contribution in [3.05, 3.63) is 125 Å². The van der Waals surface area contributed by atoms with Crippen LogP contribution in [0, 0.1) is 11.8 Å². The van der Waals surface area contributed by atoms with Crippen molar-refractivity contribution in [1.82, 2.24) is 0 Å². The van der Waals surface area contributed by atoms with Gasteiger partial charge < -0.3 is 9.80 Å². The topological polar surface area (TPSA) is 6.48 Å². The molecule has 2 nitrogen and oxygen atoms in total. The van der Waals surface area contributed by atoms with E-state index in [9.17, 15) is 0 Å². The van der Waals surface area contributed by atoms with Gasteiger partial charge in [-0.3, -0.25) is 0 Å². The first-order chi connectivity index (χ1) is 19.4. The number of nitrogens with zero attached hydrogens (tertiary/aromatic N) is 2. The molecule has 0 N–H and O–H groups in total. The summed E-state index contributed by atoms with van der Waals surface area (Å²) in [7, 11) is 0. The number of benzene rings is 3. The highest BCUT2D eigenvalue weighted by Crippen LogP contribution is 2.54. The van der Waals surface area contributed by atoms with Crippen molar-refractivity contribution in [2.45, 2.75) is 69.9 Å². The number of hydrogen-bond donors (Lipinski definition) is 0. The molecule has 0 amide bonds. The van der Waals surface area contributed by atoms with Crippen molar-refractivity contribution in [3.8, 4) is 0 Å². The molecule has 0 radical (unpaired) electrons. The molecule has 1 saturated carbocycles. The molecule has 0 bridgehead atoms. The van der Waals surface area contributed by atoms with E-state index in [1.807, 2.05) is 0 Å². The molecular formula is C37H38N2. The summed E-state index contributed by atoms with van der Waals surface area (Å²) in [5.41, 5.74) is 11.6. The van der Waals surface area contributed by atoms with Crippen LogP contribution in [0.1, 0.15) is 74.1 Å². The highest BCUT2D eigenvalue weighted by molar-refractivity contribution is 5.87. The Balaban J connectivity index is 1.16. The molecule has 2 heterocycles. The zero-order valence-electron chi connectivity index (χ0n) is 22.8. The summed E-state index contributed by atoms with van der Waals surface area (Å²) in [6.07, 6.45) is 19.1. The van der Waals surface area contributed by atoms with E-state index < -0.39 is 0 Å². The Labute approximate surface area is 233 Å². The van der Waals surface area contributed by atoms with Crippen LogP contribution in [0.5, 0.6) is 0 Å². The molecule has 8 rings (SSSR count). The van der Waals surface area contributed by atoms with Crippen LogP contribution in [0.4, 0.5) is 11.4 Å². The predicted molar refractivity (Wildman–Crippen MR) is 163 cm³/mol. The van der Waals surface area contributed by atoms with Crippen molar-refractivity contribution in [3.63, 3.8) is 0 Å². The van der Waals surface area contributed by atoms with Crippen molar-refractivity contribution in [2.75, 3.05) is 9.80 Å². The Bertz CT molecular complexity index is 1450. The van der Waals surface area contributed by atoms with Gasteiger partial charge in [-0.1, -0.05) is 79.9 Å². The highest BCUT2D eigenvalue weighted by Gasteiger charge is 2.44. The van der Waals surface area contributed by atoms with E-state index in [0.29, 0.717) is 18.0 Å². The molecule has 3 unspecified atom stereocenters. The lowest BCUT2D eigenvalue weighted by Crippen LogP contribution is -2.46. The average molecular weight is 511 g/mol. The summed E-state index contributed by atoms with van der Waals surface area (Å²) in [6, 6.07) is 30.7. The van der Waals surface area contributed by atoms with Gasteiger partial charge in [0.15, 0.2) is 0 Å². The van der Waals surface area contributed by atoms with E-state index in [1.54, 1.807) is 5.57 Å². The number of hydrogen-bond acceptors (Lipinski definition) is 2. The molecule has 3 atom stereocenters. The van der Waals surface area contributed by atoms with Crippen molar-refractivity contribution >= 4 is 17.1 Å². The summed E-state index contributed by atoms with van der Waals surface area (Å²) < 4.78 is 0. The van der Waals surface area contributed by atoms with Crippen LogP contribution in [0.2, 0.25) is 0 Å². The van der Waals surface area contributed by atoms with Gasteiger partial charge >= 0.3 is 0 Å². The second kappa shape index (κ2) is 9.59. The Morgan fingerprint density at radius 1 is 0.667 bits per heavy atom. The van der Waals surface area contributed by atoms with Gasteiger partial charge in [0, 0.05) is 28.7 Å². The van der Waals surface area contributed by atoms with E-state index in [-0.39, 0.29) is 0 Å². The molecule has 0 saturated heterocycles. The maximum atomic E-state index is 2.68. The first kappa shape index (κ1) is 23.4. The van der Waals surface area contributed by atoms with Crippen LogP contribution in [0.25, 0.3) is 5.70 Å². The maximum Gasteiger partial charge on any atom is 0.0660 e. The summed E-state index contributed by atoms with van der Waals surface area (Å²) in [5.74, 6) is 1.40. The monoisotopic (exact) mass is 510 g/mol. The van der Waals surface area contributed by atoms with Crippen LogP contribution >= 0.6 is 0 Å². The zero-order valence-corrected chi connectivity index (χ0v) is 22.8. The molecule has 5 aliphatic rings. The fraction of sp³-hybridized carbons (Fsp3) is 0.351. The number of anilines is 2. The van der Waals surface area contributed by atoms with Gasteiger partial charge in [0.2, 0.25) is 0 Å². The Morgan fingerprint density at radius 2 is 1.41 bits per heavy atom. The van der Waals surface area contributed by atoms with E-state index in [1.165, 1.54) is 97.2 Å². The van der Waals surface area contributed by atoms with Gasteiger partial charge in [0.1, 0.15) is 0 Å². The number of allylic oxidation sites excluding steroid dienone is 2. The maximum absolute atomic E-state index is 2.68. The summed E-state index contributed by atoms with van der Waals surface area (Å²) in [5, 5.41) is 0. The number of fused-ring (bicyclic) bond motifs is 4. The highest BCUT2D eigenvalue weighted by atomic mass is 15.2. The molecule has 0 aromatic heterocycles. The smallest absolute Gasteiger partial charge is 0.0660 e. The van der Waals surface area contributed by atoms with Gasteiger partial charge in [-0.15, -0.1) is 0 Å². The van der Waals surface area contributed by atoms with E-state index in [2.05, 4.69) is 107 Å². The van der Waals surface area contributed by atoms with Crippen LogP contribution in [-0.2, 0) is 6.42 Å². The minimum Gasteiger partial charge on any atom is -0.334 e. The fourth-order valence-electron chi connectivity index (χ4n) is 8.30. The Kier molecular flexibility index (Phi) is 5.75. The second-order valence-electron chi connectivity index (χ2n) is 12.2. The van der Waals surface area contributed by atoms with Gasteiger partial charge in [-0.2, -0.15) is 0 Å². The van der Waals surface area contributed by atoms with Gasteiger partial charge in [0.05, 0.1) is 12.1 Å². The third-order valence-corrected chi connectivity index (χ3v) is 10.1. The summed E-state index contributed by atoms with van der Waals surface area (Å²) in [6.45, 7) is 0. The van der Waals surface area contributed by atoms with Crippen molar-refractivity contribution in [2.24, 2.45) is 11.8 Å². The minimum absolute atomic E-state index is 0.423. The van der Waals surface area contributed by atoms with Gasteiger partial charge in [-0.25, -0.2) is 0 Å². The van der Waals surface area contributed by atoms with Crippen LogP contribution in [0.3, 0.4) is 0 Å². The number of rotatable bonds is 4. The van der Waals surface area contributed by atoms with Crippen LogP contribution in [0.15, 0.2) is 108 Å². The van der Waals surface area contributed by atoms with Gasteiger partial charge in [-0.05, 0) is 103 Å². The third kappa shape index (κ3) is 3.83. The lowest BCUT2D eigenvalue weighted by Gasteiger charge is -2.47. The van der Waals surface area contributed by atoms with E-state index in [4.69, 9.17) is 0 Å². The SMILES string of the molecule is C1=CC2=C(CC1)C1CCc3ccccc3C1N2c1ccc(N2C(c3ccccc3)=CC2C2CCCCC2)cc1. The summed E-state index contributed by atoms with van der Waals surface area (Å²) >= 11 is 0. The molecule has 1 fully saturated rings. The molecule has 3 aromatic rings. The lowest BCUT2D eigenvalue weighted by molar-refractivity contribution is 0.323. The fourth-order valence-corrected chi connectivity index (χ4v) is 8.30. The van der Waals surface area contributed by atoms with Crippen LogP contribution < -0.4 is 9.80 Å². The normalized spacial score (nSPS) is 26.1. The van der Waals surface area contributed by atoms with E-state index >= 15 is 0 Å². The predicted octanol–water partition coefficient (Wildman–Crippen LogP) is 9.22. The average Bonchev–Trinajstić information content (AvgIpc) is 3.33. The minimum atomic E-state index is 0.423. The molecule has 39 heavy (non-hydrogen) atoms. The summed E-state index contributed by atoms with van der Waals surface area (Å²) in [4.78, 5) is 5.32. The molecule has 2 aliphatic heterocycles. The third-order valence-electron chi connectivity index (χ3n) is 10.1. The Hall–Kier alpha value is -3.52. The van der Waals surface area contributed by atoms with Crippen LogP contribution in [-0.4, -0.2) is 6.04 Å². The molecule has 0 spiro atoms. The first-order valence-corrected chi connectivity index (χ1v) is 15.3. The molecular weight excluding hydrogens is 472 g/mol. The largest absolute Gasteiger partial charge is 0.334 e.